The summed E-state index contributed by atoms with van der Waals surface area (Å²) < 4.78 is 0. The minimum Gasteiger partial charge on any atom is -0.254 e. The number of nitriles is 2. The van der Waals surface area contributed by atoms with Gasteiger partial charge in [-0.15, -0.1) is 0 Å². The Morgan fingerprint density at radius 3 is 2.81 bits per heavy atom. The Balaban J connectivity index is 2.08. The van der Waals surface area contributed by atoms with Crippen molar-refractivity contribution in [1.29, 1.82) is 10.5 Å². The predicted molar refractivity (Wildman–Crippen MR) is 78.9 cm³/mol. The topological polar surface area (TPSA) is 89.2 Å². The summed E-state index contributed by atoms with van der Waals surface area (Å²) in [5.74, 6) is 0. The molecule has 1 aliphatic carbocycles. The van der Waals surface area contributed by atoms with Crippen LogP contribution in [0.2, 0.25) is 0 Å². The summed E-state index contributed by atoms with van der Waals surface area (Å²) in [6, 6.07) is 12.0. The predicted octanol–water partition coefficient (Wildman–Crippen LogP) is 2.71. The van der Waals surface area contributed by atoms with Gasteiger partial charge >= 0.3 is 0 Å². The van der Waals surface area contributed by atoms with E-state index in [1.54, 1.807) is 0 Å². The van der Waals surface area contributed by atoms with Crippen LogP contribution in [0, 0.1) is 22.7 Å². The second kappa shape index (κ2) is 5.82. The van der Waals surface area contributed by atoms with Gasteiger partial charge in [-0.05, 0) is 24.0 Å². The summed E-state index contributed by atoms with van der Waals surface area (Å²) in [4.78, 5) is 4.12. The second-order valence-electron chi connectivity index (χ2n) is 4.61. The fourth-order valence-electron chi connectivity index (χ4n) is 2.55. The van der Waals surface area contributed by atoms with Gasteiger partial charge in [0, 0.05) is 10.8 Å². The molecule has 1 unspecified atom stereocenters. The van der Waals surface area contributed by atoms with Crippen LogP contribution in [-0.4, -0.2) is 20.4 Å². The number of H-pyrrole nitrogens is 1. The molecule has 0 fully saturated rings. The molecule has 0 bridgehead atoms. The summed E-state index contributed by atoms with van der Waals surface area (Å²) in [7, 11) is 0. The number of hydrogen-bond donors (Lipinski definition) is 1. The maximum Gasteiger partial charge on any atom is 0.183 e. The van der Waals surface area contributed by atoms with Crippen LogP contribution in [0.25, 0.3) is 5.57 Å². The van der Waals surface area contributed by atoms with Crippen LogP contribution in [-0.2, 0) is 6.42 Å². The smallest absolute Gasteiger partial charge is 0.183 e. The molecule has 1 aromatic carbocycles. The van der Waals surface area contributed by atoms with Gasteiger partial charge in [0.15, 0.2) is 5.16 Å². The minimum absolute atomic E-state index is 0.0298. The summed E-state index contributed by atoms with van der Waals surface area (Å²) in [5, 5.41) is 25.9. The summed E-state index contributed by atoms with van der Waals surface area (Å²) in [5.41, 5.74) is 3.17. The van der Waals surface area contributed by atoms with E-state index in [4.69, 9.17) is 0 Å². The number of benzene rings is 1. The first-order valence-corrected chi connectivity index (χ1v) is 7.36. The number of aromatic amines is 1. The largest absolute Gasteiger partial charge is 0.254 e. The van der Waals surface area contributed by atoms with Crippen LogP contribution in [0.5, 0.6) is 0 Å². The molecule has 0 amide bonds. The third-order valence-electron chi connectivity index (χ3n) is 3.45. The van der Waals surface area contributed by atoms with Gasteiger partial charge in [-0.1, -0.05) is 36.0 Å². The molecular formula is C15H11N5S. The zero-order valence-corrected chi connectivity index (χ0v) is 11.9. The average Bonchev–Trinajstić information content (AvgIpc) is 3.03. The zero-order chi connectivity index (χ0) is 14.7. The quantitative estimate of drug-likeness (QED) is 0.860. The first-order valence-electron chi connectivity index (χ1n) is 6.48. The molecule has 1 aromatic heterocycles. The first kappa shape index (κ1) is 13.4. The highest BCUT2D eigenvalue weighted by Gasteiger charge is 2.28. The van der Waals surface area contributed by atoms with Gasteiger partial charge in [-0.2, -0.15) is 15.6 Å². The number of rotatable bonds is 2. The van der Waals surface area contributed by atoms with E-state index in [9.17, 15) is 10.5 Å². The number of aromatic nitrogens is 3. The van der Waals surface area contributed by atoms with Gasteiger partial charge in [0.05, 0.1) is 0 Å². The van der Waals surface area contributed by atoms with Crippen molar-refractivity contribution in [3.8, 4) is 12.1 Å². The normalized spacial score (nSPS) is 16.7. The third kappa shape index (κ3) is 2.54. The van der Waals surface area contributed by atoms with Gasteiger partial charge < -0.3 is 0 Å². The fraction of sp³-hybridized carbons (Fsp3) is 0.200. The molecule has 21 heavy (non-hydrogen) atoms. The molecule has 0 radical (unpaired) electrons. The van der Waals surface area contributed by atoms with Crippen LogP contribution in [0.15, 0.2) is 41.3 Å². The molecule has 1 aliphatic rings. The van der Waals surface area contributed by atoms with Gasteiger partial charge in [0.25, 0.3) is 0 Å². The molecule has 0 aliphatic heterocycles. The molecule has 1 N–H and O–H groups in total. The van der Waals surface area contributed by atoms with Crippen LogP contribution < -0.4 is 0 Å². The molecule has 0 spiro atoms. The summed E-state index contributed by atoms with van der Waals surface area (Å²) in [6.45, 7) is 0. The van der Waals surface area contributed by atoms with E-state index in [0.29, 0.717) is 5.16 Å². The lowest BCUT2D eigenvalue weighted by Crippen LogP contribution is -2.17. The number of nitrogens with one attached hydrogen (secondary N) is 1. The van der Waals surface area contributed by atoms with Crippen LogP contribution in [0.3, 0.4) is 0 Å². The Morgan fingerprint density at radius 2 is 2.10 bits per heavy atom. The van der Waals surface area contributed by atoms with Crippen molar-refractivity contribution in [2.45, 2.75) is 23.2 Å². The van der Waals surface area contributed by atoms with Crippen LogP contribution >= 0.6 is 11.8 Å². The van der Waals surface area contributed by atoms with Gasteiger partial charge in [0.2, 0.25) is 0 Å². The van der Waals surface area contributed by atoms with Crippen molar-refractivity contribution < 1.29 is 0 Å². The molecule has 2 aromatic rings. The Bertz CT molecular complexity index is 748. The highest BCUT2D eigenvalue weighted by atomic mass is 32.2. The Kier molecular flexibility index (Phi) is 3.72. The monoisotopic (exact) mass is 293 g/mol. The zero-order valence-electron chi connectivity index (χ0n) is 11.1. The maximum absolute atomic E-state index is 9.27. The van der Waals surface area contributed by atoms with Gasteiger partial charge in [0.1, 0.15) is 24.0 Å². The lowest BCUT2D eigenvalue weighted by molar-refractivity contribution is 0.828. The number of hydrogen-bond acceptors (Lipinski definition) is 5. The minimum atomic E-state index is 0.0298. The number of allylic oxidation sites excluding steroid dienone is 1. The van der Waals surface area contributed by atoms with Crippen molar-refractivity contribution in [3.05, 3.63) is 47.3 Å². The van der Waals surface area contributed by atoms with E-state index in [0.717, 1.165) is 24.0 Å². The van der Waals surface area contributed by atoms with Gasteiger partial charge in [-0.25, -0.2) is 4.98 Å². The number of fused-ring (bicyclic) bond motifs is 1. The Labute approximate surface area is 126 Å². The lowest BCUT2D eigenvalue weighted by Gasteiger charge is -2.26. The molecule has 0 saturated heterocycles. The van der Waals surface area contributed by atoms with E-state index in [-0.39, 0.29) is 10.8 Å². The molecule has 1 atom stereocenters. The molecule has 3 rings (SSSR count). The number of thioether (sulfide) groups is 1. The molecule has 102 valence electrons. The molecule has 6 heteroatoms. The molecule has 1 heterocycles. The molecule has 5 nitrogen and oxygen atoms in total. The summed E-state index contributed by atoms with van der Waals surface area (Å²) >= 11 is 1.51. The van der Waals surface area contributed by atoms with Crippen molar-refractivity contribution in [1.82, 2.24) is 15.2 Å². The Hall–Kier alpha value is -2.57. The van der Waals surface area contributed by atoms with E-state index in [1.807, 2.05) is 30.3 Å². The third-order valence-corrected chi connectivity index (χ3v) is 4.62. The SMILES string of the molecule is N#CC(C#N)=C1c2ccccc2CCC1Sc1ncn[nH]1. The average molecular weight is 293 g/mol. The maximum atomic E-state index is 9.27. The fourth-order valence-corrected chi connectivity index (χ4v) is 3.63. The van der Waals surface area contributed by atoms with Crippen molar-refractivity contribution in [2.75, 3.05) is 0 Å². The van der Waals surface area contributed by atoms with Gasteiger partial charge in [-0.3, -0.25) is 5.10 Å². The Morgan fingerprint density at radius 1 is 1.29 bits per heavy atom. The van der Waals surface area contributed by atoms with E-state index in [1.165, 1.54) is 23.7 Å². The van der Waals surface area contributed by atoms with Crippen LogP contribution in [0.1, 0.15) is 17.5 Å². The van der Waals surface area contributed by atoms with Crippen molar-refractivity contribution >= 4 is 17.3 Å². The standard InChI is InChI=1S/C15H11N5S/c16-7-11(8-17)14-12-4-2-1-3-10(12)5-6-13(14)21-15-18-9-19-20-15/h1-4,9,13H,5-6H2,(H,18,19,20). The van der Waals surface area contributed by atoms with E-state index in [2.05, 4.69) is 21.2 Å². The van der Waals surface area contributed by atoms with E-state index < -0.39 is 0 Å². The van der Waals surface area contributed by atoms with E-state index >= 15 is 0 Å². The number of nitrogens with zero attached hydrogens (tertiary/aromatic N) is 4. The molecule has 0 saturated carbocycles. The highest BCUT2D eigenvalue weighted by Crippen LogP contribution is 2.41. The highest BCUT2D eigenvalue weighted by molar-refractivity contribution is 8.00. The summed E-state index contributed by atoms with van der Waals surface area (Å²) in [6.07, 6.45) is 3.25. The molecular weight excluding hydrogens is 282 g/mol. The lowest BCUT2D eigenvalue weighted by atomic mass is 9.85. The second-order valence-corrected chi connectivity index (χ2v) is 5.80. The van der Waals surface area contributed by atoms with Crippen molar-refractivity contribution in [3.63, 3.8) is 0 Å². The van der Waals surface area contributed by atoms with Crippen molar-refractivity contribution in [2.24, 2.45) is 0 Å². The van der Waals surface area contributed by atoms with Crippen LogP contribution in [0.4, 0.5) is 0 Å². The number of aryl methyl sites for hydroxylation is 1. The first-order chi connectivity index (χ1) is 10.3.